The van der Waals surface area contributed by atoms with Gasteiger partial charge in [-0.2, -0.15) is 0 Å². The highest BCUT2D eigenvalue weighted by atomic mass is 79.9. The van der Waals surface area contributed by atoms with E-state index in [-0.39, 0.29) is 17.0 Å². The lowest BCUT2D eigenvalue weighted by Crippen LogP contribution is -3.00. The van der Waals surface area contributed by atoms with Gasteiger partial charge in [-0.3, -0.25) is 0 Å². The monoisotopic (exact) mass is 306 g/mol. The molecule has 0 atom stereocenters. The van der Waals surface area contributed by atoms with Crippen LogP contribution in [-0.4, -0.2) is 12.2 Å². The van der Waals surface area contributed by atoms with Crippen LogP contribution in [0.5, 0.6) is 0 Å². The maximum Gasteiger partial charge on any atom is 0.213 e. The fourth-order valence-electron chi connectivity index (χ4n) is 1.94. The van der Waals surface area contributed by atoms with Crippen LogP contribution in [0.4, 0.5) is 5.69 Å². The minimum absolute atomic E-state index is 0. The number of pyridine rings is 1. The molecule has 4 N–H and O–H groups in total. The quantitative estimate of drug-likeness (QED) is 0.524. The lowest BCUT2D eigenvalue weighted by atomic mass is 10.1. The average Bonchev–Trinajstić information content (AvgIpc) is 2.41. The van der Waals surface area contributed by atoms with Crippen LogP contribution in [0.3, 0.4) is 0 Å². The summed E-state index contributed by atoms with van der Waals surface area (Å²) in [5.41, 5.74) is 9.14. The number of hydrogen-bond donors (Lipinski definition) is 2. The van der Waals surface area contributed by atoms with Gasteiger partial charge in [0.15, 0.2) is 0 Å². The van der Waals surface area contributed by atoms with Crippen molar-refractivity contribution in [3.63, 3.8) is 0 Å². The van der Waals surface area contributed by atoms with Crippen LogP contribution in [0.15, 0.2) is 48.5 Å². The Morgan fingerprint density at radius 2 is 1.22 bits per heavy atom. The molecule has 0 aliphatic carbocycles. The zero-order valence-electron chi connectivity index (χ0n) is 10.0. The van der Waals surface area contributed by atoms with Gasteiger partial charge in [-0.25, -0.2) is 4.98 Å². The molecule has 1 aromatic heterocycles. The topological polar surface area (TPSA) is 60.4 Å². The van der Waals surface area contributed by atoms with E-state index in [9.17, 15) is 0 Å². The minimum Gasteiger partial charge on any atom is -1.00 e. The molecule has 4 heteroatoms. The van der Waals surface area contributed by atoms with Gasteiger partial charge in [-0.1, -0.05) is 24.3 Å². The minimum atomic E-state index is 0. The van der Waals surface area contributed by atoms with Crippen LogP contribution in [-0.2, 0) is 0 Å². The van der Waals surface area contributed by atoms with Gasteiger partial charge in [-0.15, -0.1) is 0 Å². The number of nitrogens with one attached hydrogen (secondary N) is 1. The number of rotatable bonds is 0. The average molecular weight is 307 g/mol. The van der Waals surface area contributed by atoms with Crippen LogP contribution < -0.4 is 27.7 Å². The van der Waals surface area contributed by atoms with E-state index in [1.807, 2.05) is 48.5 Å². The number of aromatic nitrogens is 1. The van der Waals surface area contributed by atoms with Gasteiger partial charge in [0.05, 0.1) is 16.5 Å². The Bertz CT molecular complexity index is 601. The van der Waals surface area contributed by atoms with Crippen molar-refractivity contribution in [2.24, 2.45) is 0 Å². The highest BCUT2D eigenvalue weighted by molar-refractivity contribution is 6.03. The van der Waals surface area contributed by atoms with Gasteiger partial charge in [0.1, 0.15) is 0 Å². The van der Waals surface area contributed by atoms with E-state index >= 15 is 0 Å². The maximum atomic E-state index is 7.00. The standard InChI is InChI=1S/C13H10N2.CH4O.BrH/c14-13-9-5-1-3-7-11(9)15-12-8-4-2-6-10(12)13;1-2;/h1-8H,(H2,14,15);2H,1H3;1H. The summed E-state index contributed by atoms with van der Waals surface area (Å²) >= 11 is 0. The number of hydrogen-bond acceptors (Lipinski definition) is 2. The third kappa shape index (κ3) is 2.44. The third-order valence-electron chi connectivity index (χ3n) is 2.70. The third-order valence-corrected chi connectivity index (χ3v) is 2.70. The molecule has 0 unspecified atom stereocenters. The van der Waals surface area contributed by atoms with E-state index in [4.69, 9.17) is 10.8 Å². The first-order chi connectivity index (χ1) is 8.36. The Kier molecular flexibility index (Phi) is 5.07. The molecule has 0 saturated heterocycles. The molecule has 2 aromatic carbocycles. The zero-order chi connectivity index (χ0) is 12.3. The number of benzene rings is 2. The molecular formula is C14H15BrN2O. The van der Waals surface area contributed by atoms with E-state index in [1.54, 1.807) is 0 Å². The molecule has 0 aliphatic rings. The summed E-state index contributed by atoms with van der Waals surface area (Å²) in [6, 6.07) is 16.2. The second kappa shape index (κ2) is 6.33. The lowest BCUT2D eigenvalue weighted by molar-refractivity contribution is -0.310. The molecule has 0 saturated carbocycles. The van der Waals surface area contributed by atoms with Crippen LogP contribution >= 0.6 is 0 Å². The highest BCUT2D eigenvalue weighted by Crippen LogP contribution is 2.24. The van der Waals surface area contributed by atoms with Crippen molar-refractivity contribution in [1.82, 2.24) is 0 Å². The van der Waals surface area contributed by atoms with E-state index in [0.717, 1.165) is 34.6 Å². The van der Waals surface area contributed by atoms with Crippen molar-refractivity contribution < 1.29 is 27.1 Å². The number of aliphatic hydroxyl groups excluding tert-OH is 1. The molecule has 0 spiro atoms. The van der Waals surface area contributed by atoms with Crippen LogP contribution in [0.2, 0.25) is 0 Å². The summed E-state index contributed by atoms with van der Waals surface area (Å²) in [5, 5.41) is 9.16. The van der Waals surface area contributed by atoms with Gasteiger partial charge < -0.3 is 27.8 Å². The van der Waals surface area contributed by atoms with E-state index < -0.39 is 0 Å². The van der Waals surface area contributed by atoms with Crippen molar-refractivity contribution in [3.05, 3.63) is 48.5 Å². The molecule has 3 aromatic rings. The summed E-state index contributed by atoms with van der Waals surface area (Å²) in [6.07, 6.45) is 0. The fraction of sp³-hybridized carbons (Fsp3) is 0.0714. The number of anilines is 1. The van der Waals surface area contributed by atoms with Crippen LogP contribution in [0.1, 0.15) is 0 Å². The number of para-hydroxylation sites is 2. The molecule has 18 heavy (non-hydrogen) atoms. The highest BCUT2D eigenvalue weighted by Gasteiger charge is 2.09. The molecule has 0 amide bonds. The number of H-pyrrole nitrogens is 1. The van der Waals surface area contributed by atoms with Gasteiger partial charge in [0.25, 0.3) is 0 Å². The summed E-state index contributed by atoms with van der Waals surface area (Å²) < 4.78 is 0. The number of fused-ring (bicyclic) bond motifs is 2. The molecular weight excluding hydrogens is 292 g/mol. The second-order valence-electron chi connectivity index (χ2n) is 3.63. The van der Waals surface area contributed by atoms with Crippen molar-refractivity contribution in [1.29, 1.82) is 0 Å². The Morgan fingerprint density at radius 1 is 0.833 bits per heavy atom. The zero-order valence-corrected chi connectivity index (χ0v) is 11.6. The number of halogens is 1. The first kappa shape index (κ1) is 14.4. The van der Waals surface area contributed by atoms with Gasteiger partial charge >= 0.3 is 0 Å². The summed E-state index contributed by atoms with van der Waals surface area (Å²) in [7, 11) is 1.00. The lowest BCUT2D eigenvalue weighted by Gasteiger charge is -2.00. The predicted molar refractivity (Wildman–Crippen MR) is 70.6 cm³/mol. The summed E-state index contributed by atoms with van der Waals surface area (Å²) in [4.78, 5) is 3.37. The van der Waals surface area contributed by atoms with Gasteiger partial charge in [0.2, 0.25) is 11.0 Å². The number of aromatic amines is 1. The molecule has 0 aliphatic heterocycles. The number of nitrogens with two attached hydrogens (primary N) is 1. The maximum absolute atomic E-state index is 7.00. The number of nitrogen functional groups attached to an aromatic ring is 1. The molecule has 3 nitrogen and oxygen atoms in total. The Hall–Kier alpha value is -1.65. The van der Waals surface area contributed by atoms with Crippen LogP contribution in [0.25, 0.3) is 21.8 Å². The molecule has 94 valence electrons. The smallest absolute Gasteiger partial charge is 0.213 e. The summed E-state index contributed by atoms with van der Waals surface area (Å²) in [6.45, 7) is 0. The first-order valence-electron chi connectivity index (χ1n) is 5.39. The van der Waals surface area contributed by atoms with E-state index in [1.165, 1.54) is 0 Å². The molecule has 3 rings (SSSR count). The predicted octanol–water partition coefficient (Wildman–Crippen LogP) is -0.998. The SMILES string of the molecule is CO.Nc1c2ccccc2[nH+]c2ccccc12.[Br-]. The first-order valence-corrected chi connectivity index (χ1v) is 5.39. The van der Waals surface area contributed by atoms with Gasteiger partial charge in [0, 0.05) is 19.2 Å². The van der Waals surface area contributed by atoms with Crippen molar-refractivity contribution in [2.75, 3.05) is 12.8 Å². The van der Waals surface area contributed by atoms with E-state index in [2.05, 4.69) is 4.98 Å². The second-order valence-corrected chi connectivity index (χ2v) is 3.63. The normalized spacial score (nSPS) is 9.44. The van der Waals surface area contributed by atoms with E-state index in [0.29, 0.717) is 0 Å². The Morgan fingerprint density at radius 3 is 1.67 bits per heavy atom. The van der Waals surface area contributed by atoms with Crippen molar-refractivity contribution in [2.45, 2.75) is 0 Å². The Balaban J connectivity index is 0.000000516. The molecule has 0 radical (unpaired) electrons. The molecule has 0 bridgehead atoms. The summed E-state index contributed by atoms with van der Waals surface area (Å²) in [5.74, 6) is 0. The van der Waals surface area contributed by atoms with Crippen molar-refractivity contribution >= 4 is 27.5 Å². The van der Waals surface area contributed by atoms with Crippen LogP contribution in [0, 0.1) is 0 Å². The van der Waals surface area contributed by atoms with Crippen molar-refractivity contribution in [3.8, 4) is 0 Å². The Labute approximate surface area is 116 Å². The molecule has 0 fully saturated rings. The number of aliphatic hydroxyl groups is 1. The fourth-order valence-corrected chi connectivity index (χ4v) is 1.94. The largest absolute Gasteiger partial charge is 1.00 e. The molecule has 1 heterocycles. The van der Waals surface area contributed by atoms with Gasteiger partial charge in [-0.05, 0) is 12.1 Å².